The van der Waals surface area contributed by atoms with Gasteiger partial charge in [-0.2, -0.15) is 23.4 Å². The highest BCUT2D eigenvalue weighted by atomic mass is 35.5. The second kappa shape index (κ2) is 9.71. The molecule has 182 valence electrons. The average Bonchev–Trinajstić information content (AvgIpc) is 3.44. The van der Waals surface area contributed by atoms with Gasteiger partial charge >= 0.3 is 12.1 Å². The molecule has 13 heteroatoms. The number of fused-ring (bicyclic) bond motifs is 1. The summed E-state index contributed by atoms with van der Waals surface area (Å²) >= 11 is 12.4. The number of rotatable bonds is 6. The van der Waals surface area contributed by atoms with E-state index in [1.807, 2.05) is 0 Å². The van der Waals surface area contributed by atoms with Crippen LogP contribution in [0.1, 0.15) is 37.1 Å². The zero-order valence-corrected chi connectivity index (χ0v) is 19.5. The molecule has 8 nitrogen and oxygen atoms in total. The monoisotopic (exact) mass is 525 g/mol. The second-order valence-electron chi connectivity index (χ2n) is 7.60. The Bertz CT molecular complexity index is 1390. The normalized spacial score (nSPS) is 17.0. The number of nitriles is 1. The number of ether oxygens (including phenoxy) is 1. The lowest BCUT2D eigenvalue weighted by Crippen LogP contribution is -2.14. The highest BCUT2D eigenvalue weighted by molar-refractivity contribution is 6.33. The lowest BCUT2D eigenvalue weighted by Gasteiger charge is -2.19. The SMILES string of the molecule is CCOC(=O)CC(C#N)C1=CCC(c2noc(-c3cn4cc(C(F)(F)F)cc(Cl)c4n3)n2)C(Cl)=C1. The van der Waals surface area contributed by atoms with E-state index < -0.39 is 29.5 Å². The molecule has 0 amide bonds. The molecule has 2 atom stereocenters. The molecule has 4 rings (SSSR count). The van der Waals surface area contributed by atoms with Crippen LogP contribution in [-0.4, -0.2) is 32.1 Å². The summed E-state index contributed by atoms with van der Waals surface area (Å²) in [4.78, 5) is 20.3. The van der Waals surface area contributed by atoms with Gasteiger partial charge in [-0.25, -0.2) is 4.98 Å². The fraction of sp³-hybridized carbons (Fsp3) is 0.318. The zero-order valence-electron chi connectivity index (χ0n) is 18.0. The van der Waals surface area contributed by atoms with Crippen LogP contribution in [0.2, 0.25) is 5.02 Å². The topological polar surface area (TPSA) is 106 Å². The Labute approximate surface area is 206 Å². The van der Waals surface area contributed by atoms with E-state index in [-0.39, 0.29) is 41.1 Å². The molecule has 0 bridgehead atoms. The van der Waals surface area contributed by atoms with Crippen molar-refractivity contribution in [1.29, 1.82) is 5.26 Å². The van der Waals surface area contributed by atoms with Gasteiger partial charge < -0.3 is 13.7 Å². The van der Waals surface area contributed by atoms with E-state index >= 15 is 0 Å². The number of hydrogen-bond acceptors (Lipinski definition) is 7. The summed E-state index contributed by atoms with van der Waals surface area (Å²) in [5, 5.41) is 13.5. The molecule has 0 spiro atoms. The van der Waals surface area contributed by atoms with Crippen molar-refractivity contribution in [1.82, 2.24) is 19.5 Å². The van der Waals surface area contributed by atoms with Gasteiger partial charge in [-0.3, -0.25) is 4.79 Å². The van der Waals surface area contributed by atoms with Crippen molar-refractivity contribution in [2.24, 2.45) is 5.92 Å². The molecule has 0 saturated heterocycles. The molecule has 0 saturated carbocycles. The van der Waals surface area contributed by atoms with Gasteiger partial charge in [0.1, 0.15) is 5.69 Å². The van der Waals surface area contributed by atoms with Crippen LogP contribution < -0.4 is 0 Å². The smallest absolute Gasteiger partial charge is 0.417 e. The van der Waals surface area contributed by atoms with Crippen molar-refractivity contribution >= 4 is 34.8 Å². The number of nitrogens with zero attached hydrogens (tertiary/aromatic N) is 5. The van der Waals surface area contributed by atoms with Crippen LogP contribution in [0, 0.1) is 17.2 Å². The summed E-state index contributed by atoms with van der Waals surface area (Å²) in [6, 6.07) is 2.87. The predicted molar refractivity (Wildman–Crippen MR) is 118 cm³/mol. The number of imidazole rings is 1. The first-order valence-corrected chi connectivity index (χ1v) is 11.1. The number of alkyl halides is 3. The van der Waals surface area contributed by atoms with Crippen molar-refractivity contribution in [2.45, 2.75) is 31.9 Å². The van der Waals surface area contributed by atoms with Gasteiger partial charge in [0, 0.05) is 17.4 Å². The van der Waals surface area contributed by atoms with E-state index in [2.05, 4.69) is 21.2 Å². The first-order valence-electron chi connectivity index (χ1n) is 10.3. The number of carbonyl (C=O) groups is 1. The van der Waals surface area contributed by atoms with Gasteiger partial charge in [0.2, 0.25) is 0 Å². The van der Waals surface area contributed by atoms with Gasteiger partial charge in [0.15, 0.2) is 11.5 Å². The second-order valence-corrected chi connectivity index (χ2v) is 8.45. The fourth-order valence-corrected chi connectivity index (χ4v) is 4.15. The summed E-state index contributed by atoms with van der Waals surface area (Å²) in [7, 11) is 0. The van der Waals surface area contributed by atoms with Gasteiger partial charge in [0.05, 0.1) is 41.5 Å². The molecular weight excluding hydrogens is 510 g/mol. The number of allylic oxidation sites excluding steroid dienone is 4. The Hall–Kier alpha value is -3.36. The lowest BCUT2D eigenvalue weighted by molar-refractivity contribution is -0.143. The maximum Gasteiger partial charge on any atom is 0.417 e. The third kappa shape index (κ3) is 5.18. The Morgan fingerprint density at radius 3 is 2.80 bits per heavy atom. The summed E-state index contributed by atoms with van der Waals surface area (Å²) in [6.07, 6.45) is 1.19. The molecule has 0 radical (unpaired) electrons. The Morgan fingerprint density at radius 2 is 2.14 bits per heavy atom. The third-order valence-corrected chi connectivity index (χ3v) is 5.92. The molecule has 1 aliphatic rings. The zero-order chi connectivity index (χ0) is 25.3. The van der Waals surface area contributed by atoms with E-state index in [1.165, 1.54) is 6.20 Å². The van der Waals surface area contributed by atoms with Gasteiger partial charge in [-0.1, -0.05) is 34.4 Å². The minimum atomic E-state index is -4.57. The van der Waals surface area contributed by atoms with Crippen LogP contribution in [0.25, 0.3) is 17.2 Å². The number of aromatic nitrogens is 4. The summed E-state index contributed by atoms with van der Waals surface area (Å²) in [5.41, 5.74) is -0.107. The van der Waals surface area contributed by atoms with Crippen molar-refractivity contribution in [3.05, 3.63) is 57.6 Å². The molecule has 0 N–H and O–H groups in total. The van der Waals surface area contributed by atoms with Crippen molar-refractivity contribution in [3.63, 3.8) is 0 Å². The number of esters is 1. The van der Waals surface area contributed by atoms with E-state index in [1.54, 1.807) is 19.1 Å². The van der Waals surface area contributed by atoms with Crippen LogP contribution in [0.4, 0.5) is 13.2 Å². The average molecular weight is 526 g/mol. The maximum absolute atomic E-state index is 13.1. The van der Waals surface area contributed by atoms with Crippen molar-refractivity contribution in [2.75, 3.05) is 6.61 Å². The minimum absolute atomic E-state index is 0.0234. The number of carbonyl (C=O) groups excluding carboxylic acids is 1. The maximum atomic E-state index is 13.1. The molecule has 3 aromatic heterocycles. The summed E-state index contributed by atoms with van der Waals surface area (Å²) in [6.45, 7) is 1.90. The minimum Gasteiger partial charge on any atom is -0.466 e. The highest BCUT2D eigenvalue weighted by Gasteiger charge is 2.32. The van der Waals surface area contributed by atoms with Crippen LogP contribution in [0.15, 0.2) is 45.7 Å². The molecule has 3 aromatic rings. The number of pyridine rings is 1. The van der Waals surface area contributed by atoms with Gasteiger partial charge in [0.25, 0.3) is 5.89 Å². The molecule has 0 aromatic carbocycles. The molecule has 0 fully saturated rings. The first-order chi connectivity index (χ1) is 16.6. The predicted octanol–water partition coefficient (Wildman–Crippen LogP) is 5.69. The van der Waals surface area contributed by atoms with Gasteiger partial charge in [-0.05, 0) is 31.1 Å². The quantitative estimate of drug-likeness (QED) is 0.380. The van der Waals surface area contributed by atoms with Crippen molar-refractivity contribution in [3.8, 4) is 17.7 Å². The third-order valence-electron chi connectivity index (χ3n) is 5.27. The van der Waals surface area contributed by atoms with E-state index in [0.717, 1.165) is 16.7 Å². The molecule has 3 heterocycles. The molecular formula is C22H16Cl2F3N5O3. The highest BCUT2D eigenvalue weighted by Crippen LogP contribution is 2.38. The molecule has 1 aliphatic carbocycles. The number of halogens is 5. The van der Waals surface area contributed by atoms with Crippen molar-refractivity contribution < 1.29 is 27.2 Å². The number of hydrogen-bond donors (Lipinski definition) is 0. The lowest BCUT2D eigenvalue weighted by atomic mass is 9.88. The molecule has 0 aliphatic heterocycles. The van der Waals surface area contributed by atoms with Crippen LogP contribution in [0.3, 0.4) is 0 Å². The van der Waals surface area contributed by atoms with Gasteiger partial charge in [-0.15, -0.1) is 0 Å². The Kier molecular flexibility index (Phi) is 6.87. The Morgan fingerprint density at radius 1 is 1.37 bits per heavy atom. The molecule has 35 heavy (non-hydrogen) atoms. The summed E-state index contributed by atoms with van der Waals surface area (Å²) < 4.78 is 50.5. The fourth-order valence-electron chi connectivity index (χ4n) is 3.58. The van der Waals surface area contributed by atoms with Crippen LogP contribution in [-0.2, 0) is 15.7 Å². The summed E-state index contributed by atoms with van der Waals surface area (Å²) in [5.74, 6) is -1.46. The van der Waals surface area contributed by atoms with E-state index in [9.17, 15) is 23.2 Å². The largest absolute Gasteiger partial charge is 0.466 e. The first kappa shape index (κ1) is 24.8. The van der Waals surface area contributed by atoms with Crippen LogP contribution >= 0.6 is 23.2 Å². The standard InChI is InChI=1S/C22H16Cl2F3N5O3/c1-2-34-18(33)6-12(8-28)11-3-4-14(15(23)5-11)19-30-21(35-31-19)17-10-32-9-13(22(25,26)27)7-16(24)20(32)29-17/h3,5,7,9-10,12,14H,2,4,6H2,1H3. The van der Waals surface area contributed by atoms with E-state index in [4.69, 9.17) is 32.5 Å². The van der Waals surface area contributed by atoms with Crippen LogP contribution in [0.5, 0.6) is 0 Å². The Balaban J connectivity index is 1.55. The molecule has 2 unspecified atom stereocenters. The van der Waals surface area contributed by atoms with E-state index in [0.29, 0.717) is 17.0 Å².